The molecule has 0 aliphatic rings. The van der Waals surface area contributed by atoms with Crippen LogP contribution in [-0.4, -0.2) is 20.7 Å². The van der Waals surface area contributed by atoms with Gasteiger partial charge in [0.05, 0.1) is 15.4 Å². The maximum atomic E-state index is 12.2. The van der Waals surface area contributed by atoms with Gasteiger partial charge in [0, 0.05) is 41.5 Å². The highest BCUT2D eigenvalue weighted by Gasteiger charge is 2.09. The summed E-state index contributed by atoms with van der Waals surface area (Å²) < 4.78 is 0. The number of hydrogen-bond acceptors (Lipinski definition) is 6. The van der Waals surface area contributed by atoms with Crippen LogP contribution in [0.2, 0.25) is 0 Å². The fourth-order valence-corrected chi connectivity index (χ4v) is 2.92. The minimum absolute atomic E-state index is 0.00246. The van der Waals surface area contributed by atoms with Gasteiger partial charge in [0.1, 0.15) is 6.20 Å². The monoisotopic (exact) mass is 349 g/mol. The normalized spacial score (nSPS) is 9.92. The predicted molar refractivity (Wildman–Crippen MR) is 93.5 cm³/mol. The van der Waals surface area contributed by atoms with E-state index < -0.39 is 4.92 Å². The maximum absolute atomic E-state index is 12.2. The van der Waals surface area contributed by atoms with Crippen LogP contribution in [0.5, 0.6) is 0 Å². The molecule has 3 aromatic rings. The van der Waals surface area contributed by atoms with Gasteiger partial charge in [0.15, 0.2) is 5.78 Å². The average Bonchev–Trinajstić information content (AvgIpc) is 3.08. The summed E-state index contributed by atoms with van der Waals surface area (Å²) in [5, 5.41) is 10.7. The Labute approximate surface area is 147 Å². The lowest BCUT2D eigenvalue weighted by Gasteiger charge is -1.97. The summed E-state index contributed by atoms with van der Waals surface area (Å²) in [5.74, 6) is 5.79. The molecule has 0 spiro atoms. The largest absolute Gasteiger partial charge is 0.294 e. The molecule has 0 saturated carbocycles. The Morgan fingerprint density at radius 2 is 2.04 bits per heavy atom. The van der Waals surface area contributed by atoms with E-state index in [1.54, 1.807) is 24.5 Å². The van der Waals surface area contributed by atoms with Crippen molar-refractivity contribution < 1.29 is 9.72 Å². The molecule has 0 aromatic carbocycles. The fraction of sp³-hybridized carbons (Fsp3) is 0.0556. The molecule has 0 atom stereocenters. The van der Waals surface area contributed by atoms with Gasteiger partial charge < -0.3 is 0 Å². The molecule has 0 aliphatic carbocycles. The Balaban J connectivity index is 1.71. The zero-order valence-corrected chi connectivity index (χ0v) is 13.7. The molecule has 25 heavy (non-hydrogen) atoms. The Morgan fingerprint density at radius 3 is 2.80 bits per heavy atom. The van der Waals surface area contributed by atoms with E-state index in [9.17, 15) is 14.9 Å². The minimum Gasteiger partial charge on any atom is -0.294 e. The highest BCUT2D eigenvalue weighted by Crippen LogP contribution is 2.18. The van der Waals surface area contributed by atoms with Crippen LogP contribution in [0, 0.1) is 22.0 Å². The molecule has 0 fully saturated rings. The molecule has 0 radical (unpaired) electrons. The van der Waals surface area contributed by atoms with Crippen molar-refractivity contribution in [3.05, 3.63) is 86.1 Å². The smallest absolute Gasteiger partial charge is 0.288 e. The van der Waals surface area contributed by atoms with Gasteiger partial charge in [-0.1, -0.05) is 11.8 Å². The third-order valence-corrected chi connectivity index (χ3v) is 4.25. The van der Waals surface area contributed by atoms with Crippen LogP contribution in [0.3, 0.4) is 0 Å². The van der Waals surface area contributed by atoms with Crippen LogP contribution in [0.15, 0.2) is 55.1 Å². The van der Waals surface area contributed by atoms with E-state index in [-0.39, 0.29) is 17.9 Å². The number of nitro groups is 1. The predicted octanol–water partition coefficient (Wildman–Crippen LogP) is 3.27. The summed E-state index contributed by atoms with van der Waals surface area (Å²) in [6.45, 7) is 0. The summed E-state index contributed by atoms with van der Waals surface area (Å²) in [4.78, 5) is 31.8. The lowest BCUT2D eigenvalue weighted by Crippen LogP contribution is -2.02. The molecule has 0 unspecified atom stereocenters. The molecule has 3 heterocycles. The third-order valence-electron chi connectivity index (χ3n) is 3.24. The van der Waals surface area contributed by atoms with E-state index in [1.807, 2.05) is 12.1 Å². The second kappa shape index (κ2) is 7.47. The van der Waals surface area contributed by atoms with Gasteiger partial charge in [-0.15, -0.1) is 11.3 Å². The van der Waals surface area contributed by atoms with Crippen molar-refractivity contribution in [2.24, 2.45) is 0 Å². The zero-order valence-electron chi connectivity index (χ0n) is 12.9. The van der Waals surface area contributed by atoms with E-state index in [1.165, 1.54) is 29.8 Å². The second-order valence-electron chi connectivity index (χ2n) is 5.05. The SMILES string of the molecule is O=C(Cc1ccc(C#Cc2cncc([N+](=O)[O-])c2)s1)c1cccnc1. The summed E-state index contributed by atoms with van der Waals surface area (Å²) in [7, 11) is 0. The van der Waals surface area contributed by atoms with E-state index in [0.717, 1.165) is 9.75 Å². The number of rotatable bonds is 4. The summed E-state index contributed by atoms with van der Waals surface area (Å²) in [6, 6.07) is 8.52. The molecule has 7 heteroatoms. The number of Topliss-reactive ketones (excluding diaryl/α,β-unsaturated/α-hetero) is 1. The molecule has 0 N–H and O–H groups in total. The number of carbonyl (C=O) groups is 1. The molecular weight excluding hydrogens is 338 g/mol. The topological polar surface area (TPSA) is 86.0 Å². The van der Waals surface area contributed by atoms with E-state index in [4.69, 9.17) is 0 Å². The molecule has 3 rings (SSSR count). The fourth-order valence-electron chi connectivity index (χ4n) is 2.06. The first-order valence-corrected chi connectivity index (χ1v) is 8.07. The van der Waals surface area contributed by atoms with Crippen LogP contribution in [-0.2, 0) is 6.42 Å². The van der Waals surface area contributed by atoms with Gasteiger partial charge in [-0.3, -0.25) is 24.9 Å². The van der Waals surface area contributed by atoms with Crippen LogP contribution in [0.25, 0.3) is 0 Å². The number of pyridine rings is 2. The first-order chi connectivity index (χ1) is 12.1. The van der Waals surface area contributed by atoms with Gasteiger partial charge in [-0.05, 0) is 24.3 Å². The van der Waals surface area contributed by atoms with Crippen molar-refractivity contribution >= 4 is 22.8 Å². The number of carbonyl (C=O) groups excluding carboxylic acids is 1. The summed E-state index contributed by atoms with van der Waals surface area (Å²) >= 11 is 1.42. The number of ketones is 1. The molecule has 122 valence electrons. The Bertz CT molecular complexity index is 987. The number of nitrogens with zero attached hydrogens (tertiary/aromatic N) is 3. The maximum Gasteiger partial charge on any atom is 0.288 e. The zero-order chi connectivity index (χ0) is 17.6. The van der Waals surface area contributed by atoms with Crippen LogP contribution in [0.1, 0.15) is 25.7 Å². The van der Waals surface area contributed by atoms with Gasteiger partial charge in [-0.2, -0.15) is 0 Å². The standard InChI is InChI=1S/C18H11N3O3S/c22-18(14-2-1-7-19-11-14)9-17-6-5-16(25-17)4-3-13-8-15(21(23)24)12-20-10-13/h1-2,5-8,10-12H,9H2. The van der Waals surface area contributed by atoms with Gasteiger partial charge in [0.25, 0.3) is 5.69 Å². The van der Waals surface area contributed by atoms with E-state index in [2.05, 4.69) is 21.8 Å². The molecule has 0 bridgehead atoms. The number of thiophene rings is 1. The molecule has 3 aromatic heterocycles. The van der Waals surface area contributed by atoms with Gasteiger partial charge in [0.2, 0.25) is 0 Å². The molecule has 0 saturated heterocycles. The lowest BCUT2D eigenvalue weighted by molar-refractivity contribution is -0.385. The van der Waals surface area contributed by atoms with E-state index in [0.29, 0.717) is 11.1 Å². The number of aromatic nitrogens is 2. The highest BCUT2D eigenvalue weighted by molar-refractivity contribution is 7.12. The van der Waals surface area contributed by atoms with Crippen molar-refractivity contribution in [1.82, 2.24) is 9.97 Å². The first-order valence-electron chi connectivity index (χ1n) is 7.25. The summed E-state index contributed by atoms with van der Waals surface area (Å²) in [5.41, 5.74) is 0.947. The first kappa shape index (κ1) is 16.5. The molecular formula is C18H11N3O3S. The Kier molecular flexibility index (Phi) is 4.92. The second-order valence-corrected chi connectivity index (χ2v) is 6.21. The molecule has 6 nitrogen and oxygen atoms in total. The van der Waals surface area contributed by atoms with Gasteiger partial charge >= 0.3 is 0 Å². The van der Waals surface area contributed by atoms with Crippen molar-refractivity contribution in [3.8, 4) is 11.8 Å². The Hall–Kier alpha value is -3.37. The van der Waals surface area contributed by atoms with Crippen molar-refractivity contribution in [1.29, 1.82) is 0 Å². The quantitative estimate of drug-likeness (QED) is 0.312. The molecule has 0 aliphatic heterocycles. The third kappa shape index (κ3) is 4.34. The minimum atomic E-state index is -0.508. The van der Waals surface area contributed by atoms with Crippen molar-refractivity contribution in [2.45, 2.75) is 6.42 Å². The average molecular weight is 349 g/mol. The lowest BCUT2D eigenvalue weighted by atomic mass is 10.1. The van der Waals surface area contributed by atoms with Crippen LogP contribution >= 0.6 is 11.3 Å². The van der Waals surface area contributed by atoms with E-state index >= 15 is 0 Å². The van der Waals surface area contributed by atoms with Crippen LogP contribution in [0.4, 0.5) is 5.69 Å². The highest BCUT2D eigenvalue weighted by atomic mass is 32.1. The van der Waals surface area contributed by atoms with Crippen molar-refractivity contribution in [2.75, 3.05) is 0 Å². The summed E-state index contributed by atoms with van der Waals surface area (Å²) in [6.07, 6.45) is 6.11. The number of hydrogen-bond donors (Lipinski definition) is 0. The van der Waals surface area contributed by atoms with Crippen molar-refractivity contribution in [3.63, 3.8) is 0 Å². The van der Waals surface area contributed by atoms with Gasteiger partial charge in [-0.25, -0.2) is 0 Å². The Morgan fingerprint density at radius 1 is 1.16 bits per heavy atom. The molecule has 0 amide bonds. The van der Waals surface area contributed by atoms with Crippen LogP contribution < -0.4 is 0 Å².